The van der Waals surface area contributed by atoms with Gasteiger partial charge in [0.05, 0.1) is 12.2 Å². The van der Waals surface area contributed by atoms with Crippen molar-refractivity contribution < 1.29 is 18.7 Å². The lowest BCUT2D eigenvalue weighted by Gasteiger charge is -2.18. The van der Waals surface area contributed by atoms with Crippen LogP contribution in [-0.4, -0.2) is 31.7 Å². The monoisotopic (exact) mass is 326 g/mol. The highest BCUT2D eigenvalue weighted by atomic mass is 19.1. The molecule has 24 heavy (non-hydrogen) atoms. The van der Waals surface area contributed by atoms with E-state index in [0.717, 1.165) is 12.0 Å². The number of cyclic esters (lactones) is 1. The molecule has 5 nitrogen and oxygen atoms in total. The minimum atomic E-state index is -0.377. The Kier molecular flexibility index (Phi) is 3.45. The summed E-state index contributed by atoms with van der Waals surface area (Å²) < 4.78 is 18.4. The maximum atomic E-state index is 13.5. The Morgan fingerprint density at radius 2 is 1.88 bits per heavy atom. The smallest absolute Gasteiger partial charge is 0.414 e. The summed E-state index contributed by atoms with van der Waals surface area (Å²) in [6.45, 7) is 1.42. The predicted molar refractivity (Wildman–Crippen MR) is 86.9 cm³/mol. The number of carbonyl (C=O) groups excluding carboxylic acids is 2. The molecule has 0 atom stereocenters. The van der Waals surface area contributed by atoms with E-state index in [2.05, 4.69) is 0 Å². The van der Waals surface area contributed by atoms with Crippen molar-refractivity contribution >= 4 is 23.4 Å². The summed E-state index contributed by atoms with van der Waals surface area (Å²) in [7, 11) is 0. The number of carbonyl (C=O) groups is 2. The van der Waals surface area contributed by atoms with E-state index in [1.165, 1.54) is 17.0 Å². The molecule has 2 aliphatic heterocycles. The summed E-state index contributed by atoms with van der Waals surface area (Å²) in [6, 6.07) is 11.3. The fraction of sp³-hybridized carbons (Fsp3) is 0.222. The van der Waals surface area contributed by atoms with Gasteiger partial charge in [0.25, 0.3) is 5.91 Å². The molecule has 0 spiro atoms. The highest BCUT2D eigenvalue weighted by Gasteiger charge is 2.27. The van der Waals surface area contributed by atoms with E-state index < -0.39 is 0 Å². The lowest BCUT2D eigenvalue weighted by Crippen LogP contribution is -2.29. The molecule has 0 aromatic heterocycles. The standard InChI is InChI=1S/C18H15FN2O3/c19-14-4-1-12-7-8-21(16(12)11-14)17(22)13-2-5-15(6-3-13)20-9-10-24-18(20)23/h1-6,11H,7-10H2. The number of benzene rings is 2. The largest absolute Gasteiger partial charge is 0.447 e. The van der Waals surface area contributed by atoms with Gasteiger partial charge in [0.2, 0.25) is 0 Å². The topological polar surface area (TPSA) is 49.9 Å². The van der Waals surface area contributed by atoms with Crippen LogP contribution in [0.1, 0.15) is 15.9 Å². The van der Waals surface area contributed by atoms with E-state index >= 15 is 0 Å². The molecule has 4 rings (SSSR count). The van der Waals surface area contributed by atoms with Crippen molar-refractivity contribution in [2.45, 2.75) is 6.42 Å². The lowest BCUT2D eigenvalue weighted by atomic mass is 10.1. The molecule has 2 aromatic rings. The van der Waals surface area contributed by atoms with E-state index in [-0.39, 0.29) is 17.8 Å². The fourth-order valence-electron chi connectivity index (χ4n) is 3.13. The molecule has 6 heteroatoms. The summed E-state index contributed by atoms with van der Waals surface area (Å²) in [4.78, 5) is 27.4. The summed E-state index contributed by atoms with van der Waals surface area (Å²) in [5.41, 5.74) is 2.80. The van der Waals surface area contributed by atoms with Gasteiger partial charge in [0, 0.05) is 17.8 Å². The van der Waals surface area contributed by atoms with Crippen molar-refractivity contribution in [1.82, 2.24) is 0 Å². The van der Waals surface area contributed by atoms with Gasteiger partial charge < -0.3 is 9.64 Å². The predicted octanol–water partition coefficient (Wildman–Crippen LogP) is 2.99. The van der Waals surface area contributed by atoms with Crippen LogP contribution in [0.3, 0.4) is 0 Å². The highest BCUT2D eigenvalue weighted by Crippen LogP contribution is 2.30. The number of ether oxygens (including phenoxy) is 1. The van der Waals surface area contributed by atoms with Gasteiger partial charge in [-0.3, -0.25) is 9.69 Å². The van der Waals surface area contributed by atoms with Gasteiger partial charge in [-0.15, -0.1) is 0 Å². The summed E-state index contributed by atoms with van der Waals surface area (Å²) in [6.07, 6.45) is 0.344. The van der Waals surface area contributed by atoms with E-state index in [1.54, 1.807) is 35.2 Å². The first-order chi connectivity index (χ1) is 11.6. The second kappa shape index (κ2) is 5.63. The second-order valence-corrected chi connectivity index (χ2v) is 5.79. The molecule has 2 aromatic carbocycles. The first-order valence-corrected chi connectivity index (χ1v) is 7.78. The van der Waals surface area contributed by atoms with Crippen LogP contribution in [0.2, 0.25) is 0 Å². The van der Waals surface area contributed by atoms with E-state index in [1.807, 2.05) is 0 Å². The first kappa shape index (κ1) is 14.7. The number of amides is 2. The van der Waals surface area contributed by atoms with Gasteiger partial charge in [-0.1, -0.05) is 6.07 Å². The molecule has 122 valence electrons. The van der Waals surface area contributed by atoms with Gasteiger partial charge in [-0.05, 0) is 48.4 Å². The number of nitrogens with zero attached hydrogens (tertiary/aromatic N) is 2. The number of hydrogen-bond donors (Lipinski definition) is 0. The average Bonchev–Trinajstić information content (AvgIpc) is 3.20. The zero-order chi connectivity index (χ0) is 16.7. The van der Waals surface area contributed by atoms with Crippen molar-refractivity contribution in [2.24, 2.45) is 0 Å². The molecule has 0 saturated carbocycles. The molecule has 1 fully saturated rings. The minimum Gasteiger partial charge on any atom is -0.447 e. The molecule has 0 N–H and O–H groups in total. The van der Waals surface area contributed by atoms with Gasteiger partial charge in [-0.25, -0.2) is 9.18 Å². The molecular weight excluding hydrogens is 311 g/mol. The molecule has 0 bridgehead atoms. The van der Waals surface area contributed by atoms with Crippen LogP contribution in [0.5, 0.6) is 0 Å². The van der Waals surface area contributed by atoms with Crippen molar-refractivity contribution in [3.63, 3.8) is 0 Å². The van der Waals surface area contributed by atoms with E-state index in [4.69, 9.17) is 4.74 Å². The summed E-state index contributed by atoms with van der Waals surface area (Å²) in [5, 5.41) is 0. The van der Waals surface area contributed by atoms with Gasteiger partial charge in [0.1, 0.15) is 12.4 Å². The normalized spacial score (nSPS) is 16.3. The summed E-state index contributed by atoms with van der Waals surface area (Å²) in [5.74, 6) is -0.522. The van der Waals surface area contributed by atoms with Gasteiger partial charge >= 0.3 is 6.09 Å². The Balaban J connectivity index is 1.58. The number of hydrogen-bond acceptors (Lipinski definition) is 3. The Bertz CT molecular complexity index is 820. The van der Waals surface area contributed by atoms with Crippen LogP contribution in [0.25, 0.3) is 0 Å². The van der Waals surface area contributed by atoms with Gasteiger partial charge in [0.15, 0.2) is 0 Å². The van der Waals surface area contributed by atoms with E-state index in [0.29, 0.717) is 36.6 Å². The molecule has 2 heterocycles. The average molecular weight is 326 g/mol. The van der Waals surface area contributed by atoms with Gasteiger partial charge in [-0.2, -0.15) is 0 Å². The zero-order valence-electron chi connectivity index (χ0n) is 12.9. The van der Waals surface area contributed by atoms with Crippen molar-refractivity contribution in [1.29, 1.82) is 0 Å². The molecule has 1 saturated heterocycles. The Morgan fingerprint density at radius 1 is 1.08 bits per heavy atom. The molecule has 2 aliphatic rings. The van der Waals surface area contributed by atoms with E-state index in [9.17, 15) is 14.0 Å². The first-order valence-electron chi connectivity index (χ1n) is 7.78. The molecule has 0 unspecified atom stereocenters. The second-order valence-electron chi connectivity index (χ2n) is 5.79. The maximum Gasteiger partial charge on any atom is 0.414 e. The summed E-state index contributed by atoms with van der Waals surface area (Å²) >= 11 is 0. The van der Waals surface area contributed by atoms with Crippen LogP contribution in [0.15, 0.2) is 42.5 Å². The fourth-order valence-corrected chi connectivity index (χ4v) is 3.13. The SMILES string of the molecule is O=C1OCCN1c1ccc(C(=O)N2CCc3ccc(F)cc32)cc1. The third kappa shape index (κ3) is 2.40. The quantitative estimate of drug-likeness (QED) is 0.852. The zero-order valence-corrected chi connectivity index (χ0v) is 12.9. The number of fused-ring (bicyclic) bond motifs is 1. The molecule has 0 aliphatic carbocycles. The Morgan fingerprint density at radius 3 is 2.58 bits per heavy atom. The molecule has 0 radical (unpaired) electrons. The van der Waals surface area contributed by atoms with Crippen LogP contribution in [0.4, 0.5) is 20.6 Å². The third-order valence-electron chi connectivity index (χ3n) is 4.37. The number of anilines is 2. The lowest BCUT2D eigenvalue weighted by molar-refractivity contribution is 0.0989. The molecular formula is C18H15FN2O3. The Labute approximate surface area is 138 Å². The number of rotatable bonds is 2. The number of halogens is 1. The van der Waals surface area contributed by atoms with Crippen molar-refractivity contribution in [3.8, 4) is 0 Å². The van der Waals surface area contributed by atoms with Crippen molar-refractivity contribution in [2.75, 3.05) is 29.5 Å². The van der Waals surface area contributed by atoms with Crippen LogP contribution in [0, 0.1) is 5.82 Å². The van der Waals surface area contributed by atoms with Crippen LogP contribution in [-0.2, 0) is 11.2 Å². The van der Waals surface area contributed by atoms with Crippen LogP contribution < -0.4 is 9.80 Å². The maximum absolute atomic E-state index is 13.5. The Hall–Kier alpha value is -2.89. The highest BCUT2D eigenvalue weighted by molar-refractivity contribution is 6.07. The van der Waals surface area contributed by atoms with Crippen LogP contribution >= 0.6 is 0 Å². The minimum absolute atomic E-state index is 0.171. The molecule has 2 amide bonds. The third-order valence-corrected chi connectivity index (χ3v) is 4.37. The van der Waals surface area contributed by atoms with Crippen molar-refractivity contribution in [3.05, 3.63) is 59.4 Å².